The van der Waals surface area contributed by atoms with Crippen LogP contribution in [0.15, 0.2) is 0 Å². The van der Waals surface area contributed by atoms with Gasteiger partial charge in [0.05, 0.1) is 0 Å². The molecule has 2 saturated carbocycles. The van der Waals surface area contributed by atoms with Gasteiger partial charge >= 0.3 is 0 Å². The number of nitrogens with two attached hydrogens (primary N) is 2. The Bertz CT molecular complexity index is 139. The van der Waals surface area contributed by atoms with E-state index in [1.54, 1.807) is 0 Å². The second kappa shape index (κ2) is 3.58. The summed E-state index contributed by atoms with van der Waals surface area (Å²) in [6.07, 6.45) is 10.4. The van der Waals surface area contributed by atoms with E-state index in [-0.39, 0.29) is 0 Å². The van der Waals surface area contributed by atoms with Crippen LogP contribution in [-0.2, 0) is 0 Å². The van der Waals surface area contributed by atoms with Gasteiger partial charge in [-0.05, 0) is 56.8 Å². The average molecular weight is 182 g/mol. The molecule has 0 atom stereocenters. The molecule has 2 aliphatic carbocycles. The third-order valence-corrected chi connectivity index (χ3v) is 4.18. The first kappa shape index (κ1) is 9.47. The van der Waals surface area contributed by atoms with Gasteiger partial charge in [0.1, 0.15) is 0 Å². The maximum Gasteiger partial charge on any atom is 0.00392 e. The van der Waals surface area contributed by atoms with Crippen molar-refractivity contribution in [3.63, 3.8) is 0 Å². The molecule has 2 rings (SSSR count). The van der Waals surface area contributed by atoms with Gasteiger partial charge in [-0.2, -0.15) is 0 Å². The molecular formula is C11H22N2. The largest absolute Gasteiger partial charge is 0.328 e. The highest BCUT2D eigenvalue weighted by Crippen LogP contribution is 2.46. The Hall–Kier alpha value is -0.0800. The minimum Gasteiger partial charge on any atom is -0.328 e. The van der Waals surface area contributed by atoms with Crippen molar-refractivity contribution >= 4 is 0 Å². The Kier molecular flexibility index (Phi) is 2.61. The summed E-state index contributed by atoms with van der Waals surface area (Å²) >= 11 is 0. The highest BCUT2D eigenvalue weighted by atomic mass is 14.7. The fourth-order valence-corrected chi connectivity index (χ4v) is 3.01. The first-order valence-electron chi connectivity index (χ1n) is 5.71. The summed E-state index contributed by atoms with van der Waals surface area (Å²) in [5.41, 5.74) is 12.5. The Balaban J connectivity index is 1.90. The van der Waals surface area contributed by atoms with Crippen LogP contribution in [-0.4, -0.2) is 12.1 Å². The predicted octanol–water partition coefficient (Wildman–Crippen LogP) is 1.78. The minimum atomic E-state index is 0.487. The molecule has 2 heteroatoms. The molecule has 0 amide bonds. The smallest absolute Gasteiger partial charge is 0.00392 e. The van der Waals surface area contributed by atoms with Crippen molar-refractivity contribution in [2.45, 2.75) is 63.5 Å². The van der Waals surface area contributed by atoms with E-state index in [1.807, 2.05) is 0 Å². The van der Waals surface area contributed by atoms with Crippen LogP contribution in [0.25, 0.3) is 0 Å². The first-order chi connectivity index (χ1) is 6.20. The van der Waals surface area contributed by atoms with E-state index in [9.17, 15) is 0 Å². The molecule has 0 saturated heterocycles. The monoisotopic (exact) mass is 182 g/mol. The van der Waals surface area contributed by atoms with Crippen molar-refractivity contribution in [3.8, 4) is 0 Å². The van der Waals surface area contributed by atoms with Crippen molar-refractivity contribution in [3.05, 3.63) is 0 Å². The standard InChI is InChI=1S/C11H22N2/c12-9-1-5-11(6-2-9)7-3-10(13)4-8-11/h9-10H,1-8,12-13H2. The molecule has 13 heavy (non-hydrogen) atoms. The van der Waals surface area contributed by atoms with E-state index < -0.39 is 0 Å². The molecule has 0 heterocycles. The first-order valence-corrected chi connectivity index (χ1v) is 5.71. The van der Waals surface area contributed by atoms with Gasteiger partial charge in [-0.15, -0.1) is 0 Å². The molecule has 0 aliphatic heterocycles. The lowest BCUT2D eigenvalue weighted by molar-refractivity contribution is 0.107. The van der Waals surface area contributed by atoms with E-state index in [0.717, 1.165) is 0 Å². The van der Waals surface area contributed by atoms with Gasteiger partial charge in [-0.1, -0.05) is 0 Å². The van der Waals surface area contributed by atoms with Crippen LogP contribution in [0.2, 0.25) is 0 Å². The molecule has 2 fully saturated rings. The van der Waals surface area contributed by atoms with Crippen LogP contribution in [0.4, 0.5) is 0 Å². The molecule has 76 valence electrons. The minimum absolute atomic E-state index is 0.487. The summed E-state index contributed by atoms with van der Waals surface area (Å²) in [6, 6.07) is 0.974. The van der Waals surface area contributed by atoms with E-state index in [4.69, 9.17) is 11.5 Å². The molecule has 0 radical (unpaired) electrons. The predicted molar refractivity (Wildman–Crippen MR) is 55.3 cm³/mol. The topological polar surface area (TPSA) is 52.0 Å². The van der Waals surface area contributed by atoms with Crippen LogP contribution in [0.5, 0.6) is 0 Å². The summed E-state index contributed by atoms with van der Waals surface area (Å²) in [5, 5.41) is 0. The third-order valence-electron chi connectivity index (χ3n) is 4.18. The van der Waals surface area contributed by atoms with Crippen LogP contribution in [0.1, 0.15) is 51.4 Å². The molecule has 0 aromatic rings. The molecule has 0 aromatic heterocycles. The molecule has 0 bridgehead atoms. The summed E-state index contributed by atoms with van der Waals surface area (Å²) in [4.78, 5) is 0. The van der Waals surface area contributed by atoms with E-state index >= 15 is 0 Å². The highest BCUT2D eigenvalue weighted by molar-refractivity contribution is 4.91. The van der Waals surface area contributed by atoms with Gasteiger partial charge in [0.25, 0.3) is 0 Å². The number of hydrogen-bond donors (Lipinski definition) is 2. The zero-order chi connectivity index (χ0) is 9.31. The van der Waals surface area contributed by atoms with Gasteiger partial charge in [0.2, 0.25) is 0 Å². The lowest BCUT2D eigenvalue weighted by Gasteiger charge is -2.43. The summed E-state index contributed by atoms with van der Waals surface area (Å²) in [7, 11) is 0. The van der Waals surface area contributed by atoms with Gasteiger partial charge in [0.15, 0.2) is 0 Å². The summed E-state index contributed by atoms with van der Waals surface area (Å²) in [5.74, 6) is 0. The molecule has 0 aromatic carbocycles. The second-order valence-electron chi connectivity index (χ2n) is 5.17. The molecule has 4 N–H and O–H groups in total. The van der Waals surface area contributed by atoms with Crippen LogP contribution >= 0.6 is 0 Å². The Morgan fingerprint density at radius 2 is 1.00 bits per heavy atom. The molecular weight excluding hydrogens is 160 g/mol. The molecule has 0 unspecified atom stereocenters. The van der Waals surface area contributed by atoms with Crippen LogP contribution in [0.3, 0.4) is 0 Å². The third kappa shape index (κ3) is 2.05. The Morgan fingerprint density at radius 1 is 0.692 bits per heavy atom. The maximum absolute atomic E-state index is 5.93. The maximum atomic E-state index is 5.93. The zero-order valence-corrected chi connectivity index (χ0v) is 8.47. The van der Waals surface area contributed by atoms with E-state index in [0.29, 0.717) is 17.5 Å². The summed E-state index contributed by atoms with van der Waals surface area (Å²) in [6.45, 7) is 0. The van der Waals surface area contributed by atoms with E-state index in [1.165, 1.54) is 51.4 Å². The van der Waals surface area contributed by atoms with Crippen molar-refractivity contribution in [1.82, 2.24) is 0 Å². The second-order valence-corrected chi connectivity index (χ2v) is 5.17. The average Bonchev–Trinajstić information content (AvgIpc) is 2.16. The van der Waals surface area contributed by atoms with Gasteiger partial charge in [0, 0.05) is 12.1 Å². The fraction of sp³-hybridized carbons (Fsp3) is 1.00. The zero-order valence-electron chi connectivity index (χ0n) is 8.47. The molecule has 2 aliphatic rings. The lowest BCUT2D eigenvalue weighted by Crippen LogP contribution is -2.39. The molecule has 1 spiro atoms. The number of hydrogen-bond acceptors (Lipinski definition) is 2. The Morgan fingerprint density at radius 3 is 1.31 bits per heavy atom. The normalized spacial score (nSPS) is 46.6. The van der Waals surface area contributed by atoms with E-state index in [2.05, 4.69) is 0 Å². The molecule has 2 nitrogen and oxygen atoms in total. The highest BCUT2D eigenvalue weighted by Gasteiger charge is 2.36. The quantitative estimate of drug-likeness (QED) is 0.600. The SMILES string of the molecule is NC1CCC2(CC1)CCC(N)CC2. The van der Waals surface area contributed by atoms with Crippen molar-refractivity contribution in [2.24, 2.45) is 16.9 Å². The fourth-order valence-electron chi connectivity index (χ4n) is 3.01. The lowest BCUT2D eigenvalue weighted by atomic mass is 9.64. The van der Waals surface area contributed by atoms with Crippen molar-refractivity contribution < 1.29 is 0 Å². The Labute approximate surface area is 81.1 Å². The van der Waals surface area contributed by atoms with Gasteiger partial charge < -0.3 is 11.5 Å². The van der Waals surface area contributed by atoms with Crippen LogP contribution < -0.4 is 11.5 Å². The summed E-state index contributed by atoms with van der Waals surface area (Å²) < 4.78 is 0. The number of rotatable bonds is 0. The van der Waals surface area contributed by atoms with Crippen molar-refractivity contribution in [2.75, 3.05) is 0 Å². The van der Waals surface area contributed by atoms with Crippen LogP contribution in [0, 0.1) is 5.41 Å². The van der Waals surface area contributed by atoms with Gasteiger partial charge in [-0.3, -0.25) is 0 Å². The van der Waals surface area contributed by atoms with Crippen molar-refractivity contribution in [1.29, 1.82) is 0 Å². The van der Waals surface area contributed by atoms with Gasteiger partial charge in [-0.25, -0.2) is 0 Å².